The van der Waals surface area contributed by atoms with Gasteiger partial charge in [0, 0.05) is 0 Å². The Bertz CT molecular complexity index is 1420. The van der Waals surface area contributed by atoms with Gasteiger partial charge >= 0.3 is 5.97 Å². The normalized spacial score (nSPS) is 12.4. The van der Waals surface area contributed by atoms with Crippen molar-refractivity contribution in [3.63, 3.8) is 0 Å². The molecule has 1 amide bonds. The van der Waals surface area contributed by atoms with E-state index in [2.05, 4.69) is 10.5 Å². The largest absolute Gasteiger partial charge is 0.482 e. The fourth-order valence-corrected chi connectivity index (χ4v) is 4.70. The Morgan fingerprint density at radius 1 is 0.925 bits per heavy atom. The van der Waals surface area contributed by atoms with Crippen molar-refractivity contribution in [1.82, 2.24) is 5.43 Å². The Morgan fingerprint density at radius 2 is 1.50 bits per heavy atom. The lowest BCUT2D eigenvalue weighted by Gasteiger charge is -2.27. The maximum atomic E-state index is 12.8. The standard InChI is InChI=1S/C29H33N3O7S/c1-21(32(40(5,35)36)23-13-17-26(18-14-23)38-25-9-7-6-8-10-25)28(34)31-30-19-22-11-15-24(16-12-22)37-20-27(33)39-29(2,3)4/h6-19,21H,20H2,1-5H3,(H,31,34)/b30-19-/t21-/m0/s1. The van der Waals surface area contributed by atoms with E-state index in [1.165, 1.54) is 13.1 Å². The molecule has 0 saturated carbocycles. The van der Waals surface area contributed by atoms with Gasteiger partial charge in [-0.25, -0.2) is 18.6 Å². The highest BCUT2D eigenvalue weighted by molar-refractivity contribution is 7.92. The molecule has 0 fully saturated rings. The summed E-state index contributed by atoms with van der Waals surface area (Å²) in [6.45, 7) is 6.57. The number of nitrogens with zero attached hydrogens (tertiary/aromatic N) is 2. The Labute approximate surface area is 234 Å². The van der Waals surface area contributed by atoms with E-state index in [1.807, 2.05) is 18.2 Å². The third kappa shape index (κ3) is 9.42. The van der Waals surface area contributed by atoms with Gasteiger partial charge in [-0.3, -0.25) is 9.10 Å². The van der Waals surface area contributed by atoms with Gasteiger partial charge in [0.1, 0.15) is 28.9 Å². The van der Waals surface area contributed by atoms with Crippen LogP contribution in [0.5, 0.6) is 17.2 Å². The van der Waals surface area contributed by atoms with E-state index in [9.17, 15) is 18.0 Å². The van der Waals surface area contributed by atoms with E-state index in [0.29, 0.717) is 28.5 Å². The van der Waals surface area contributed by atoms with Crippen molar-refractivity contribution in [3.05, 3.63) is 84.4 Å². The van der Waals surface area contributed by atoms with Crippen LogP contribution >= 0.6 is 0 Å². The molecular weight excluding hydrogens is 534 g/mol. The van der Waals surface area contributed by atoms with Crippen molar-refractivity contribution >= 4 is 33.8 Å². The van der Waals surface area contributed by atoms with Crippen LogP contribution in [0.25, 0.3) is 0 Å². The van der Waals surface area contributed by atoms with Crippen molar-refractivity contribution in [2.24, 2.45) is 5.10 Å². The molecule has 0 aliphatic rings. The van der Waals surface area contributed by atoms with E-state index in [1.54, 1.807) is 81.4 Å². The van der Waals surface area contributed by atoms with Crippen LogP contribution in [0.2, 0.25) is 0 Å². The zero-order valence-corrected chi connectivity index (χ0v) is 23.8. The summed E-state index contributed by atoms with van der Waals surface area (Å²) in [5, 5.41) is 3.94. The van der Waals surface area contributed by atoms with Crippen LogP contribution in [0.15, 0.2) is 84.0 Å². The molecule has 0 saturated heterocycles. The number of sulfonamides is 1. The first-order valence-electron chi connectivity index (χ1n) is 12.4. The van der Waals surface area contributed by atoms with Gasteiger partial charge in [0.05, 0.1) is 18.2 Å². The molecule has 3 aromatic rings. The van der Waals surface area contributed by atoms with Crippen LogP contribution in [0.1, 0.15) is 33.3 Å². The highest BCUT2D eigenvalue weighted by Crippen LogP contribution is 2.27. The summed E-state index contributed by atoms with van der Waals surface area (Å²) >= 11 is 0. The van der Waals surface area contributed by atoms with Crippen LogP contribution in [-0.4, -0.2) is 51.0 Å². The van der Waals surface area contributed by atoms with Gasteiger partial charge in [-0.15, -0.1) is 0 Å². The van der Waals surface area contributed by atoms with Gasteiger partial charge in [0.25, 0.3) is 5.91 Å². The summed E-state index contributed by atoms with van der Waals surface area (Å²) in [4.78, 5) is 24.6. The van der Waals surface area contributed by atoms with Crippen molar-refractivity contribution in [3.8, 4) is 17.2 Å². The molecule has 3 rings (SSSR count). The van der Waals surface area contributed by atoms with Crippen LogP contribution in [0, 0.1) is 0 Å². The number of amides is 1. The van der Waals surface area contributed by atoms with Crippen molar-refractivity contribution in [2.45, 2.75) is 39.3 Å². The van der Waals surface area contributed by atoms with Crippen molar-refractivity contribution in [1.29, 1.82) is 0 Å². The molecule has 1 N–H and O–H groups in total. The number of benzene rings is 3. The second-order valence-corrected chi connectivity index (χ2v) is 11.7. The molecule has 40 heavy (non-hydrogen) atoms. The number of carbonyl (C=O) groups excluding carboxylic acids is 2. The minimum Gasteiger partial charge on any atom is -0.482 e. The SMILES string of the molecule is C[C@@H](C(=O)N/N=C\c1ccc(OCC(=O)OC(C)(C)C)cc1)N(c1ccc(Oc2ccccc2)cc1)S(C)(=O)=O. The first-order valence-corrected chi connectivity index (χ1v) is 14.3. The third-order valence-corrected chi connectivity index (χ3v) is 6.45. The number of esters is 1. The van der Waals surface area contributed by atoms with Crippen LogP contribution < -0.4 is 19.2 Å². The van der Waals surface area contributed by atoms with E-state index in [-0.39, 0.29) is 6.61 Å². The Balaban J connectivity index is 1.59. The molecule has 0 aliphatic carbocycles. The van der Waals surface area contributed by atoms with Gasteiger partial charge in [-0.05, 0) is 93.9 Å². The summed E-state index contributed by atoms with van der Waals surface area (Å²) in [5.74, 6) is 0.526. The predicted molar refractivity (Wildman–Crippen MR) is 153 cm³/mol. The maximum absolute atomic E-state index is 12.8. The molecular formula is C29H33N3O7S. The third-order valence-electron chi connectivity index (χ3n) is 5.20. The Hall–Kier alpha value is -4.38. The Kier molecular flexibility index (Phi) is 9.89. The minimum absolute atomic E-state index is 0.224. The van der Waals surface area contributed by atoms with E-state index in [4.69, 9.17) is 14.2 Å². The average Bonchev–Trinajstić information content (AvgIpc) is 2.88. The van der Waals surface area contributed by atoms with Crippen molar-refractivity contribution in [2.75, 3.05) is 17.2 Å². The molecule has 0 unspecified atom stereocenters. The lowest BCUT2D eigenvalue weighted by molar-refractivity contribution is -0.157. The van der Waals surface area contributed by atoms with E-state index < -0.39 is 33.5 Å². The summed E-state index contributed by atoms with van der Waals surface area (Å²) < 4.78 is 42.6. The monoisotopic (exact) mass is 567 g/mol. The number of hydrazone groups is 1. The molecule has 0 spiro atoms. The molecule has 0 heterocycles. The fourth-order valence-electron chi connectivity index (χ4n) is 3.52. The first kappa shape index (κ1) is 30.2. The van der Waals surface area contributed by atoms with Gasteiger partial charge in [-0.1, -0.05) is 18.2 Å². The quantitative estimate of drug-likeness (QED) is 0.206. The van der Waals surface area contributed by atoms with Crippen LogP contribution in [-0.2, 0) is 24.3 Å². The van der Waals surface area contributed by atoms with Gasteiger partial charge in [0.15, 0.2) is 6.61 Å². The number of nitrogens with one attached hydrogen (secondary N) is 1. The van der Waals surface area contributed by atoms with Gasteiger partial charge < -0.3 is 14.2 Å². The summed E-state index contributed by atoms with van der Waals surface area (Å²) in [7, 11) is -3.80. The lowest BCUT2D eigenvalue weighted by atomic mass is 10.2. The molecule has 212 valence electrons. The topological polar surface area (TPSA) is 124 Å². The molecule has 0 aromatic heterocycles. The van der Waals surface area contributed by atoms with Crippen molar-refractivity contribution < 1.29 is 32.2 Å². The van der Waals surface area contributed by atoms with Gasteiger partial charge in [-0.2, -0.15) is 5.10 Å². The van der Waals surface area contributed by atoms with Gasteiger partial charge in [0.2, 0.25) is 10.0 Å². The summed E-state index contributed by atoms with van der Waals surface area (Å²) in [5.41, 5.74) is 2.73. The number of para-hydroxylation sites is 1. The van der Waals surface area contributed by atoms with E-state index in [0.717, 1.165) is 10.6 Å². The lowest BCUT2D eigenvalue weighted by Crippen LogP contribution is -2.46. The highest BCUT2D eigenvalue weighted by Gasteiger charge is 2.29. The summed E-state index contributed by atoms with van der Waals surface area (Å²) in [6.07, 6.45) is 2.43. The fraction of sp³-hybridized carbons (Fsp3) is 0.276. The zero-order valence-electron chi connectivity index (χ0n) is 23.0. The number of hydrogen-bond acceptors (Lipinski definition) is 8. The average molecular weight is 568 g/mol. The number of ether oxygens (including phenoxy) is 3. The molecule has 0 radical (unpaired) electrons. The van der Waals surface area contributed by atoms with Crippen LogP contribution in [0.3, 0.4) is 0 Å². The number of hydrogen-bond donors (Lipinski definition) is 1. The zero-order chi connectivity index (χ0) is 29.3. The molecule has 0 aliphatic heterocycles. The molecule has 10 nitrogen and oxygen atoms in total. The number of rotatable bonds is 11. The molecule has 1 atom stereocenters. The second-order valence-electron chi connectivity index (χ2n) is 9.82. The summed E-state index contributed by atoms with van der Waals surface area (Å²) in [6, 6.07) is 21.1. The minimum atomic E-state index is -3.80. The highest BCUT2D eigenvalue weighted by atomic mass is 32.2. The maximum Gasteiger partial charge on any atom is 0.344 e. The molecule has 11 heteroatoms. The van der Waals surface area contributed by atoms with Crippen LogP contribution in [0.4, 0.5) is 5.69 Å². The second kappa shape index (κ2) is 13.1. The number of anilines is 1. The smallest absolute Gasteiger partial charge is 0.344 e. The molecule has 0 bridgehead atoms. The first-order chi connectivity index (χ1) is 18.8. The molecule has 3 aromatic carbocycles. The Morgan fingerprint density at radius 3 is 2.08 bits per heavy atom. The number of carbonyl (C=O) groups is 2. The predicted octanol–water partition coefficient (Wildman–Crippen LogP) is 4.50. The van der Waals surface area contributed by atoms with E-state index >= 15 is 0 Å².